The molecule has 0 heterocycles. The average Bonchev–Trinajstić information content (AvgIpc) is 2.63. The molecule has 144 valence electrons. The molecule has 7 heteroatoms. The van der Waals surface area contributed by atoms with Crippen LogP contribution in [0.1, 0.15) is 37.6 Å². The highest BCUT2D eigenvalue weighted by Gasteiger charge is 2.18. The molecule has 0 unspecified atom stereocenters. The van der Waals surface area contributed by atoms with E-state index in [1.807, 2.05) is 20.8 Å². The van der Waals surface area contributed by atoms with Crippen molar-refractivity contribution in [2.24, 2.45) is 0 Å². The van der Waals surface area contributed by atoms with Gasteiger partial charge < -0.3 is 16.0 Å². The van der Waals surface area contributed by atoms with Gasteiger partial charge >= 0.3 is 0 Å². The fraction of sp³-hybridized carbons (Fsp3) is 0.300. The topological polar surface area (TPSA) is 70.2 Å². The molecule has 0 saturated carbocycles. The van der Waals surface area contributed by atoms with Crippen LogP contribution < -0.4 is 16.0 Å². The Hall–Kier alpha value is -2.60. The molecule has 0 aliphatic carbocycles. The Balaban J connectivity index is 1.88. The monoisotopic (exact) mass is 391 g/mol. The fourth-order valence-corrected chi connectivity index (χ4v) is 2.35. The molecule has 2 aromatic carbocycles. The van der Waals surface area contributed by atoms with Crippen molar-refractivity contribution in [3.63, 3.8) is 0 Å². The third-order valence-electron chi connectivity index (χ3n) is 4.14. The van der Waals surface area contributed by atoms with E-state index in [0.29, 0.717) is 16.9 Å². The van der Waals surface area contributed by atoms with Crippen LogP contribution in [0.4, 0.5) is 15.8 Å². The zero-order valence-corrected chi connectivity index (χ0v) is 16.3. The summed E-state index contributed by atoms with van der Waals surface area (Å²) in [5.41, 5.74) is 1.40. The van der Waals surface area contributed by atoms with Crippen molar-refractivity contribution >= 4 is 34.8 Å². The smallest absolute Gasteiger partial charge is 0.251 e. The Morgan fingerprint density at radius 2 is 1.70 bits per heavy atom. The van der Waals surface area contributed by atoms with Gasteiger partial charge in [0, 0.05) is 22.5 Å². The van der Waals surface area contributed by atoms with Crippen molar-refractivity contribution in [3.8, 4) is 0 Å². The second-order valence-corrected chi connectivity index (χ2v) is 7.21. The first-order valence-corrected chi connectivity index (χ1v) is 8.99. The van der Waals surface area contributed by atoms with Gasteiger partial charge in [-0.15, -0.1) is 0 Å². The van der Waals surface area contributed by atoms with Crippen LogP contribution in [0.25, 0.3) is 0 Å². The summed E-state index contributed by atoms with van der Waals surface area (Å²) in [7, 11) is 0. The molecular formula is C20H23ClFN3O2. The van der Waals surface area contributed by atoms with Crippen molar-refractivity contribution in [1.82, 2.24) is 5.32 Å². The number of rotatable bonds is 7. The SMILES string of the molecule is CCC(C)(C)NC(=O)c1ccc(NCC(=O)Nc2ccc(F)c(Cl)c2)cc1. The quantitative estimate of drug-likeness (QED) is 0.653. The maximum atomic E-state index is 13.1. The van der Waals surface area contributed by atoms with Gasteiger partial charge in [0.15, 0.2) is 0 Å². The number of nitrogens with one attached hydrogen (secondary N) is 3. The highest BCUT2D eigenvalue weighted by Crippen LogP contribution is 2.19. The van der Waals surface area contributed by atoms with Crippen LogP contribution in [-0.2, 0) is 4.79 Å². The zero-order chi connectivity index (χ0) is 20.0. The standard InChI is InChI=1S/C20H23ClFN3O2/c1-4-20(2,3)25-19(27)13-5-7-14(8-6-13)23-12-18(26)24-15-9-10-17(22)16(21)11-15/h5-11,23H,4,12H2,1-3H3,(H,24,26)(H,25,27). The number of hydrogen-bond acceptors (Lipinski definition) is 3. The number of amides is 2. The van der Waals surface area contributed by atoms with Crippen LogP contribution >= 0.6 is 11.6 Å². The molecule has 5 nitrogen and oxygen atoms in total. The van der Waals surface area contributed by atoms with Gasteiger partial charge in [-0.3, -0.25) is 9.59 Å². The van der Waals surface area contributed by atoms with Crippen LogP contribution in [0, 0.1) is 5.82 Å². The molecule has 0 atom stereocenters. The Kier molecular flexibility index (Phi) is 6.80. The van der Waals surface area contributed by atoms with Gasteiger partial charge in [0.1, 0.15) is 5.82 Å². The molecule has 3 N–H and O–H groups in total. The van der Waals surface area contributed by atoms with E-state index in [1.54, 1.807) is 24.3 Å². The highest BCUT2D eigenvalue weighted by molar-refractivity contribution is 6.31. The largest absolute Gasteiger partial charge is 0.376 e. The Bertz CT molecular complexity index is 822. The molecule has 0 spiro atoms. The van der Waals surface area contributed by atoms with Crippen molar-refractivity contribution in [1.29, 1.82) is 0 Å². The number of carbonyl (C=O) groups excluding carboxylic acids is 2. The first-order valence-electron chi connectivity index (χ1n) is 8.61. The molecule has 0 aliphatic heterocycles. The van der Waals surface area contributed by atoms with E-state index in [-0.39, 0.29) is 28.9 Å². The van der Waals surface area contributed by atoms with Crippen molar-refractivity contribution < 1.29 is 14.0 Å². The molecule has 2 aromatic rings. The second-order valence-electron chi connectivity index (χ2n) is 6.80. The van der Waals surface area contributed by atoms with E-state index in [2.05, 4.69) is 16.0 Å². The normalized spacial score (nSPS) is 11.0. The van der Waals surface area contributed by atoms with Crippen molar-refractivity contribution in [2.45, 2.75) is 32.7 Å². The maximum Gasteiger partial charge on any atom is 0.251 e. The van der Waals surface area contributed by atoms with Crippen LogP contribution in [0.3, 0.4) is 0 Å². The van der Waals surface area contributed by atoms with E-state index >= 15 is 0 Å². The third-order valence-corrected chi connectivity index (χ3v) is 4.43. The minimum Gasteiger partial charge on any atom is -0.376 e. The van der Waals surface area contributed by atoms with Crippen molar-refractivity contribution in [2.75, 3.05) is 17.2 Å². The Morgan fingerprint density at radius 1 is 1.07 bits per heavy atom. The molecule has 0 aliphatic rings. The number of benzene rings is 2. The second kappa shape index (κ2) is 8.86. The van der Waals surface area contributed by atoms with E-state index in [0.717, 1.165) is 6.42 Å². The predicted molar refractivity (Wildman–Crippen MR) is 107 cm³/mol. The van der Waals surface area contributed by atoms with Gasteiger partial charge in [-0.2, -0.15) is 0 Å². The van der Waals surface area contributed by atoms with Gasteiger partial charge in [0.2, 0.25) is 5.91 Å². The van der Waals surface area contributed by atoms with E-state index in [9.17, 15) is 14.0 Å². The summed E-state index contributed by atoms with van der Waals surface area (Å²) in [6.07, 6.45) is 0.826. The first-order chi connectivity index (χ1) is 12.7. The molecule has 2 rings (SSSR count). The van der Waals surface area contributed by atoms with Gasteiger partial charge in [0.25, 0.3) is 5.91 Å². The summed E-state index contributed by atoms with van der Waals surface area (Å²) >= 11 is 5.69. The lowest BCUT2D eigenvalue weighted by Crippen LogP contribution is -2.42. The highest BCUT2D eigenvalue weighted by atomic mass is 35.5. The number of halogens is 2. The lowest BCUT2D eigenvalue weighted by atomic mass is 10.0. The number of hydrogen-bond donors (Lipinski definition) is 3. The fourth-order valence-electron chi connectivity index (χ4n) is 2.17. The lowest BCUT2D eigenvalue weighted by molar-refractivity contribution is -0.114. The molecule has 0 aromatic heterocycles. The average molecular weight is 392 g/mol. The minimum atomic E-state index is -0.542. The summed E-state index contributed by atoms with van der Waals surface area (Å²) in [4.78, 5) is 24.2. The molecule has 0 radical (unpaired) electrons. The van der Waals surface area contributed by atoms with Crippen LogP contribution in [0.15, 0.2) is 42.5 Å². The molecule has 27 heavy (non-hydrogen) atoms. The Morgan fingerprint density at radius 3 is 2.30 bits per heavy atom. The first kappa shape index (κ1) is 20.7. The zero-order valence-electron chi connectivity index (χ0n) is 15.5. The summed E-state index contributed by atoms with van der Waals surface area (Å²) < 4.78 is 13.1. The van der Waals surface area contributed by atoms with Crippen molar-refractivity contribution in [3.05, 3.63) is 58.9 Å². The Labute approximate surface area is 163 Å². The number of carbonyl (C=O) groups is 2. The minimum absolute atomic E-state index is 0.0173. The maximum absolute atomic E-state index is 13.1. The van der Waals surface area contributed by atoms with Crippen LogP contribution in [0.2, 0.25) is 5.02 Å². The van der Waals surface area contributed by atoms with E-state index in [1.165, 1.54) is 18.2 Å². The lowest BCUT2D eigenvalue weighted by Gasteiger charge is -2.24. The molecule has 0 saturated heterocycles. The van der Waals surface area contributed by atoms with E-state index in [4.69, 9.17) is 11.6 Å². The van der Waals surface area contributed by atoms with Crippen LogP contribution in [0.5, 0.6) is 0 Å². The molecule has 0 bridgehead atoms. The third kappa shape index (κ3) is 6.25. The van der Waals surface area contributed by atoms with Gasteiger partial charge in [-0.25, -0.2) is 4.39 Å². The van der Waals surface area contributed by atoms with Gasteiger partial charge in [-0.05, 0) is 62.7 Å². The molecule has 0 fully saturated rings. The molecule has 2 amide bonds. The molecular weight excluding hydrogens is 369 g/mol. The van der Waals surface area contributed by atoms with E-state index < -0.39 is 5.82 Å². The summed E-state index contributed by atoms with van der Waals surface area (Å²) in [6.45, 7) is 5.96. The summed E-state index contributed by atoms with van der Waals surface area (Å²) in [5.74, 6) is -0.984. The van der Waals surface area contributed by atoms with Gasteiger partial charge in [0.05, 0.1) is 11.6 Å². The van der Waals surface area contributed by atoms with Gasteiger partial charge in [-0.1, -0.05) is 18.5 Å². The summed E-state index contributed by atoms with van der Waals surface area (Å²) in [6, 6.07) is 10.8. The number of anilines is 2. The predicted octanol–water partition coefficient (Wildman–Crippen LogP) is 4.45. The van der Waals surface area contributed by atoms with Crippen LogP contribution in [-0.4, -0.2) is 23.9 Å². The summed E-state index contributed by atoms with van der Waals surface area (Å²) in [5, 5.41) is 8.50.